The van der Waals surface area contributed by atoms with Crippen molar-refractivity contribution in [2.75, 3.05) is 13.2 Å². The molecule has 1 fully saturated rings. The van der Waals surface area contributed by atoms with Crippen LogP contribution in [0.15, 0.2) is 0 Å². The van der Waals surface area contributed by atoms with Crippen molar-refractivity contribution >= 4 is 5.91 Å². The average Bonchev–Trinajstić information content (AvgIpc) is 2.66. The Hall–Kier alpha value is -0.610. The summed E-state index contributed by atoms with van der Waals surface area (Å²) in [5, 5.41) is 11.6. The Morgan fingerprint density at radius 3 is 3.00 bits per heavy atom. The van der Waals surface area contributed by atoms with Gasteiger partial charge >= 0.3 is 0 Å². The van der Waals surface area contributed by atoms with Gasteiger partial charge in [-0.15, -0.1) is 0 Å². The Bertz CT molecular complexity index is 162. The van der Waals surface area contributed by atoms with Crippen LogP contribution < -0.4 is 5.32 Å². The van der Waals surface area contributed by atoms with Crippen molar-refractivity contribution in [3.63, 3.8) is 0 Å². The second kappa shape index (κ2) is 5.19. The van der Waals surface area contributed by atoms with Crippen molar-refractivity contribution < 1.29 is 14.6 Å². The summed E-state index contributed by atoms with van der Waals surface area (Å²) < 4.78 is 5.21. The molecule has 1 heterocycles. The smallest absolute Gasteiger partial charge is 0.249 e. The van der Waals surface area contributed by atoms with Crippen molar-refractivity contribution in [1.29, 1.82) is 0 Å². The van der Waals surface area contributed by atoms with E-state index in [2.05, 4.69) is 5.32 Å². The molecule has 1 unspecified atom stereocenters. The number of carbonyl (C=O) groups excluding carboxylic acids is 1. The molecule has 4 heteroatoms. The van der Waals surface area contributed by atoms with E-state index < -0.39 is 0 Å². The zero-order chi connectivity index (χ0) is 9.68. The fourth-order valence-corrected chi connectivity index (χ4v) is 1.36. The van der Waals surface area contributed by atoms with Gasteiger partial charge in [0.15, 0.2) is 0 Å². The first-order chi connectivity index (χ1) is 6.27. The van der Waals surface area contributed by atoms with Gasteiger partial charge in [0.25, 0.3) is 0 Å². The number of aliphatic hydroxyl groups is 1. The quantitative estimate of drug-likeness (QED) is 0.654. The van der Waals surface area contributed by atoms with Crippen molar-refractivity contribution in [3.8, 4) is 0 Å². The van der Waals surface area contributed by atoms with Gasteiger partial charge < -0.3 is 15.2 Å². The van der Waals surface area contributed by atoms with Crippen LogP contribution in [0.2, 0.25) is 0 Å². The molecule has 1 aliphatic heterocycles. The van der Waals surface area contributed by atoms with Gasteiger partial charge in [0.2, 0.25) is 5.91 Å². The summed E-state index contributed by atoms with van der Waals surface area (Å²) in [6.45, 7) is 2.60. The van der Waals surface area contributed by atoms with Crippen LogP contribution >= 0.6 is 0 Å². The van der Waals surface area contributed by atoms with Crippen molar-refractivity contribution in [3.05, 3.63) is 0 Å². The SMILES string of the molecule is CCC(CO)NC(=O)[C@@H]1CCCO1. The number of amides is 1. The largest absolute Gasteiger partial charge is 0.394 e. The van der Waals surface area contributed by atoms with E-state index in [0.29, 0.717) is 6.61 Å². The molecule has 1 rings (SSSR count). The van der Waals surface area contributed by atoms with Crippen LogP contribution in [0.1, 0.15) is 26.2 Å². The van der Waals surface area contributed by atoms with E-state index in [-0.39, 0.29) is 24.7 Å². The predicted molar refractivity (Wildman–Crippen MR) is 48.3 cm³/mol. The Balaban J connectivity index is 2.30. The van der Waals surface area contributed by atoms with Crippen LogP contribution in [0.25, 0.3) is 0 Å². The molecule has 76 valence electrons. The summed E-state index contributed by atoms with van der Waals surface area (Å²) in [4.78, 5) is 11.4. The van der Waals surface area contributed by atoms with Gasteiger partial charge in [-0.2, -0.15) is 0 Å². The number of rotatable bonds is 4. The lowest BCUT2D eigenvalue weighted by molar-refractivity contribution is -0.131. The molecule has 0 aliphatic carbocycles. The monoisotopic (exact) mass is 187 g/mol. The third kappa shape index (κ3) is 2.97. The van der Waals surface area contributed by atoms with E-state index >= 15 is 0 Å². The van der Waals surface area contributed by atoms with Gasteiger partial charge in [0.1, 0.15) is 6.10 Å². The van der Waals surface area contributed by atoms with Crippen LogP contribution in [0.5, 0.6) is 0 Å². The van der Waals surface area contributed by atoms with Crippen LogP contribution in [-0.2, 0) is 9.53 Å². The molecule has 1 aliphatic rings. The molecule has 2 N–H and O–H groups in total. The van der Waals surface area contributed by atoms with E-state index in [1.165, 1.54) is 0 Å². The maximum atomic E-state index is 11.4. The fourth-order valence-electron chi connectivity index (χ4n) is 1.36. The van der Waals surface area contributed by atoms with Crippen LogP contribution in [0.3, 0.4) is 0 Å². The lowest BCUT2D eigenvalue weighted by atomic mass is 10.2. The van der Waals surface area contributed by atoms with Crippen LogP contribution in [0, 0.1) is 0 Å². The molecule has 13 heavy (non-hydrogen) atoms. The van der Waals surface area contributed by atoms with E-state index in [1.807, 2.05) is 6.92 Å². The van der Waals surface area contributed by atoms with Gasteiger partial charge in [-0.25, -0.2) is 0 Å². The minimum Gasteiger partial charge on any atom is -0.394 e. The standard InChI is InChI=1S/C9H17NO3/c1-2-7(6-11)10-9(12)8-4-3-5-13-8/h7-8,11H,2-6H2,1H3,(H,10,12)/t7?,8-/m0/s1. The molecule has 0 aromatic rings. The number of nitrogens with one attached hydrogen (secondary N) is 1. The summed E-state index contributed by atoms with van der Waals surface area (Å²) in [7, 11) is 0. The molecule has 1 amide bonds. The molecule has 2 atom stereocenters. The first-order valence-corrected chi connectivity index (χ1v) is 4.80. The van der Waals surface area contributed by atoms with Gasteiger partial charge in [0.05, 0.1) is 12.6 Å². The molecule has 0 aromatic carbocycles. The van der Waals surface area contributed by atoms with Gasteiger partial charge in [-0.05, 0) is 19.3 Å². The summed E-state index contributed by atoms with van der Waals surface area (Å²) in [5.41, 5.74) is 0. The maximum Gasteiger partial charge on any atom is 0.249 e. The molecule has 0 aromatic heterocycles. The van der Waals surface area contributed by atoms with Crippen LogP contribution in [0.4, 0.5) is 0 Å². The molecular formula is C9H17NO3. The third-order valence-corrected chi connectivity index (χ3v) is 2.28. The summed E-state index contributed by atoms with van der Waals surface area (Å²) in [5.74, 6) is -0.0848. The molecular weight excluding hydrogens is 170 g/mol. The van der Waals surface area contributed by atoms with E-state index in [0.717, 1.165) is 19.3 Å². The first kappa shape index (κ1) is 10.5. The van der Waals surface area contributed by atoms with Gasteiger partial charge in [-0.3, -0.25) is 4.79 Å². The van der Waals surface area contributed by atoms with Crippen molar-refractivity contribution in [2.45, 2.75) is 38.3 Å². The molecule has 0 spiro atoms. The molecule has 0 saturated carbocycles. The normalized spacial score (nSPS) is 24.3. The van der Waals surface area contributed by atoms with Crippen molar-refractivity contribution in [2.24, 2.45) is 0 Å². The minimum absolute atomic E-state index is 0.00500. The highest BCUT2D eigenvalue weighted by Crippen LogP contribution is 2.12. The second-order valence-corrected chi connectivity index (χ2v) is 3.30. The first-order valence-electron chi connectivity index (χ1n) is 4.80. The average molecular weight is 187 g/mol. The van der Waals surface area contributed by atoms with Gasteiger partial charge in [-0.1, -0.05) is 6.92 Å². The number of hydrogen-bond acceptors (Lipinski definition) is 3. The Morgan fingerprint density at radius 1 is 1.77 bits per heavy atom. The van der Waals surface area contributed by atoms with Crippen molar-refractivity contribution in [1.82, 2.24) is 5.32 Å². The zero-order valence-corrected chi connectivity index (χ0v) is 7.95. The molecule has 1 saturated heterocycles. The van der Waals surface area contributed by atoms with E-state index in [1.54, 1.807) is 0 Å². The molecule has 4 nitrogen and oxygen atoms in total. The number of aliphatic hydroxyl groups excluding tert-OH is 1. The zero-order valence-electron chi connectivity index (χ0n) is 7.95. The summed E-state index contributed by atoms with van der Waals surface area (Å²) in [6.07, 6.45) is 2.21. The lowest BCUT2D eigenvalue weighted by Gasteiger charge is -2.16. The summed E-state index contributed by atoms with van der Waals surface area (Å²) in [6, 6.07) is -0.128. The highest BCUT2D eigenvalue weighted by molar-refractivity contribution is 5.81. The van der Waals surface area contributed by atoms with E-state index in [9.17, 15) is 4.79 Å². The highest BCUT2D eigenvalue weighted by Gasteiger charge is 2.24. The van der Waals surface area contributed by atoms with E-state index in [4.69, 9.17) is 9.84 Å². The topological polar surface area (TPSA) is 58.6 Å². The maximum absolute atomic E-state index is 11.4. The number of hydrogen-bond donors (Lipinski definition) is 2. The molecule has 0 bridgehead atoms. The Morgan fingerprint density at radius 2 is 2.54 bits per heavy atom. The third-order valence-electron chi connectivity index (χ3n) is 2.28. The lowest BCUT2D eigenvalue weighted by Crippen LogP contribution is -2.42. The predicted octanol–water partition coefficient (Wildman–Crippen LogP) is 0.0525. The second-order valence-electron chi connectivity index (χ2n) is 3.30. The number of carbonyl (C=O) groups is 1. The van der Waals surface area contributed by atoms with Crippen LogP contribution in [-0.4, -0.2) is 36.4 Å². The number of ether oxygens (including phenoxy) is 1. The van der Waals surface area contributed by atoms with Gasteiger partial charge in [0, 0.05) is 6.61 Å². The fraction of sp³-hybridized carbons (Fsp3) is 0.889. The Kier molecular flexibility index (Phi) is 4.18. The minimum atomic E-state index is -0.291. The summed E-state index contributed by atoms with van der Waals surface area (Å²) >= 11 is 0. The molecule has 0 radical (unpaired) electrons. The Labute approximate surface area is 78.3 Å². The highest BCUT2D eigenvalue weighted by atomic mass is 16.5.